The number of carboxylic acid groups (broad SMARTS) is 1. The summed E-state index contributed by atoms with van der Waals surface area (Å²) < 4.78 is 13.0. The number of carboxylic acids is 1. The van der Waals surface area contributed by atoms with Crippen molar-refractivity contribution in [1.29, 1.82) is 5.41 Å². The zero-order chi connectivity index (χ0) is 16.3. The van der Waals surface area contributed by atoms with Gasteiger partial charge in [0.2, 0.25) is 0 Å². The van der Waals surface area contributed by atoms with Crippen LogP contribution in [0.1, 0.15) is 18.4 Å². The molecular weight excluding hydrogens is 279 g/mol. The molecule has 1 unspecified atom stereocenters. The molecule has 0 saturated heterocycles. The summed E-state index contributed by atoms with van der Waals surface area (Å²) in [4.78, 5) is 14.8. The van der Waals surface area contributed by atoms with Gasteiger partial charge in [0.05, 0.1) is 0 Å². The molecule has 0 aliphatic rings. The first-order valence-electron chi connectivity index (χ1n) is 6.08. The Balaban J connectivity index is 0.00000191. The molecule has 0 radical (unpaired) electrons. The molecule has 0 spiro atoms. The van der Waals surface area contributed by atoms with E-state index in [4.69, 9.17) is 16.4 Å². The summed E-state index contributed by atoms with van der Waals surface area (Å²) in [5.74, 6) is 3.32. The summed E-state index contributed by atoms with van der Waals surface area (Å²) in [6.07, 6.45) is 2.00. The van der Waals surface area contributed by atoms with Gasteiger partial charge in [-0.25, -0.2) is 9.18 Å². The van der Waals surface area contributed by atoms with Gasteiger partial charge in [-0.2, -0.15) is 0 Å². The van der Waals surface area contributed by atoms with Crippen LogP contribution in [0.3, 0.4) is 0 Å². The van der Waals surface area contributed by atoms with Crippen LogP contribution in [-0.4, -0.2) is 41.7 Å². The van der Waals surface area contributed by atoms with Crippen molar-refractivity contribution < 1.29 is 19.4 Å². The van der Waals surface area contributed by atoms with Gasteiger partial charge in [-0.1, -0.05) is 0 Å². The average Bonchev–Trinajstić information content (AvgIpc) is 2.47. The Morgan fingerprint density at radius 2 is 2.24 bits per heavy atom. The molecule has 0 amide bonds. The Morgan fingerprint density at radius 1 is 1.57 bits per heavy atom. The van der Waals surface area contributed by atoms with Gasteiger partial charge in [0.25, 0.3) is 0 Å². The second kappa shape index (κ2) is 10.5. The maximum Gasteiger partial charge on any atom is 0.328 e. The van der Waals surface area contributed by atoms with Gasteiger partial charge in [-0.15, -0.1) is 0 Å². The first kappa shape index (κ1) is 18.7. The smallest absolute Gasteiger partial charge is 0.328 e. The van der Waals surface area contributed by atoms with Gasteiger partial charge in [0, 0.05) is 18.3 Å². The minimum absolute atomic E-state index is 0.142. The Hall–Kier alpha value is -2.32. The number of aliphatic carboxylic acids is 1. The van der Waals surface area contributed by atoms with Crippen LogP contribution in [0, 0.1) is 11.2 Å². The lowest BCUT2D eigenvalue weighted by atomic mass is 10.1. The summed E-state index contributed by atoms with van der Waals surface area (Å²) >= 11 is 0. The van der Waals surface area contributed by atoms with E-state index in [1.807, 2.05) is 0 Å². The number of nitrogens with two attached hydrogens (primary N) is 1. The van der Waals surface area contributed by atoms with Crippen LogP contribution in [0.15, 0.2) is 23.2 Å². The SMILES string of the molecule is C=N.NNCCCC(N=Cc1cc(F)ccc1O)C(=O)O. The minimum atomic E-state index is -1.08. The zero-order valence-electron chi connectivity index (χ0n) is 11.4. The van der Waals surface area contributed by atoms with Crippen LogP contribution in [0.4, 0.5) is 4.39 Å². The summed E-state index contributed by atoms with van der Waals surface area (Å²) in [6, 6.07) is 2.43. The highest BCUT2D eigenvalue weighted by Gasteiger charge is 2.14. The van der Waals surface area contributed by atoms with E-state index in [9.17, 15) is 14.3 Å². The van der Waals surface area contributed by atoms with Gasteiger partial charge in [0.1, 0.15) is 17.6 Å². The fourth-order valence-electron chi connectivity index (χ4n) is 1.46. The van der Waals surface area contributed by atoms with Crippen LogP contribution >= 0.6 is 0 Å². The van der Waals surface area contributed by atoms with E-state index in [0.717, 1.165) is 18.3 Å². The van der Waals surface area contributed by atoms with Crippen molar-refractivity contribution in [2.45, 2.75) is 18.9 Å². The molecule has 21 heavy (non-hydrogen) atoms. The molecule has 0 heterocycles. The lowest BCUT2D eigenvalue weighted by molar-refractivity contribution is -0.138. The second-order valence-corrected chi connectivity index (χ2v) is 3.93. The maximum absolute atomic E-state index is 13.0. The molecule has 8 heteroatoms. The van der Waals surface area contributed by atoms with Gasteiger partial charge < -0.3 is 15.6 Å². The predicted octanol–water partition coefficient (Wildman–Crippen LogP) is 0.913. The van der Waals surface area contributed by atoms with Crippen LogP contribution in [-0.2, 0) is 4.79 Å². The lowest BCUT2D eigenvalue weighted by Crippen LogP contribution is -2.25. The third-order valence-corrected chi connectivity index (χ3v) is 2.47. The number of nitrogens with zero attached hydrogens (tertiary/aromatic N) is 1. The van der Waals surface area contributed by atoms with E-state index < -0.39 is 17.8 Å². The Labute approximate surface area is 121 Å². The van der Waals surface area contributed by atoms with E-state index in [0.29, 0.717) is 19.4 Å². The first-order valence-corrected chi connectivity index (χ1v) is 6.08. The number of carbonyl (C=O) groups is 1. The molecule has 1 aromatic carbocycles. The molecule has 0 aromatic heterocycles. The standard InChI is InChI=1S/C12H16FN3O3.CH3N/c13-9-3-4-11(17)8(6-9)7-15-10(12(18)19)2-1-5-16-14;1-2/h3-4,6-7,10,16-17H,1-2,5,14H2,(H,18,19);2H,1H2. The topological polar surface area (TPSA) is 132 Å². The van der Waals surface area contributed by atoms with Crippen molar-refractivity contribution in [3.8, 4) is 5.75 Å². The molecule has 0 saturated carbocycles. The number of phenolic OH excluding ortho intramolecular Hbond substituents is 1. The van der Waals surface area contributed by atoms with Crippen molar-refractivity contribution in [3.05, 3.63) is 29.6 Å². The first-order chi connectivity index (χ1) is 10.0. The number of aliphatic imine (C=N–C) groups is 1. The number of hydrogen-bond acceptors (Lipinski definition) is 6. The normalized spacial score (nSPS) is 11.7. The molecule has 6 N–H and O–H groups in total. The molecule has 7 nitrogen and oxygen atoms in total. The maximum atomic E-state index is 13.0. The quantitative estimate of drug-likeness (QED) is 0.221. The monoisotopic (exact) mass is 298 g/mol. The largest absolute Gasteiger partial charge is 0.507 e. The Kier molecular flexibility index (Phi) is 9.31. The highest BCUT2D eigenvalue weighted by atomic mass is 19.1. The number of halogens is 1. The van der Waals surface area contributed by atoms with Crippen molar-refractivity contribution in [3.63, 3.8) is 0 Å². The van der Waals surface area contributed by atoms with Crippen LogP contribution in [0.25, 0.3) is 0 Å². The van der Waals surface area contributed by atoms with Crippen LogP contribution in [0.5, 0.6) is 5.75 Å². The van der Waals surface area contributed by atoms with Crippen molar-refractivity contribution in [1.82, 2.24) is 5.43 Å². The molecule has 1 atom stereocenters. The van der Waals surface area contributed by atoms with Crippen LogP contribution < -0.4 is 11.3 Å². The van der Waals surface area contributed by atoms with E-state index in [2.05, 4.69) is 17.1 Å². The zero-order valence-corrected chi connectivity index (χ0v) is 11.4. The van der Waals surface area contributed by atoms with Crippen molar-refractivity contribution >= 4 is 18.9 Å². The highest BCUT2D eigenvalue weighted by Crippen LogP contribution is 2.16. The van der Waals surface area contributed by atoms with E-state index in [1.54, 1.807) is 0 Å². The summed E-state index contributed by atoms with van der Waals surface area (Å²) in [5, 5.41) is 23.9. The van der Waals surface area contributed by atoms with Crippen LogP contribution in [0.2, 0.25) is 0 Å². The molecule has 1 aromatic rings. The fourth-order valence-corrected chi connectivity index (χ4v) is 1.46. The van der Waals surface area contributed by atoms with Gasteiger partial charge >= 0.3 is 5.97 Å². The highest BCUT2D eigenvalue weighted by molar-refractivity contribution is 5.86. The fraction of sp³-hybridized carbons (Fsp3) is 0.308. The molecular formula is C13H19FN4O3. The molecule has 0 aliphatic carbocycles. The third-order valence-electron chi connectivity index (χ3n) is 2.47. The van der Waals surface area contributed by atoms with Gasteiger partial charge in [0.15, 0.2) is 0 Å². The second-order valence-electron chi connectivity index (χ2n) is 3.93. The lowest BCUT2D eigenvalue weighted by Gasteiger charge is -2.07. The number of aromatic hydroxyl groups is 1. The van der Waals surface area contributed by atoms with Crippen molar-refractivity contribution in [2.75, 3.05) is 6.54 Å². The minimum Gasteiger partial charge on any atom is -0.507 e. The van der Waals surface area contributed by atoms with E-state index in [1.165, 1.54) is 6.07 Å². The average molecular weight is 298 g/mol. The predicted molar refractivity (Wildman–Crippen MR) is 78.3 cm³/mol. The number of phenols is 1. The third kappa shape index (κ3) is 7.14. The number of hydrogen-bond donors (Lipinski definition) is 5. The molecule has 0 bridgehead atoms. The van der Waals surface area contributed by atoms with E-state index >= 15 is 0 Å². The number of nitrogens with one attached hydrogen (secondary N) is 2. The van der Waals surface area contributed by atoms with E-state index in [-0.39, 0.29) is 11.3 Å². The Bertz CT molecular complexity index is 482. The van der Waals surface area contributed by atoms with Gasteiger partial charge in [-0.3, -0.25) is 16.3 Å². The molecule has 0 aliphatic heterocycles. The number of hydrazine groups is 1. The summed E-state index contributed by atoms with van der Waals surface area (Å²) in [5.41, 5.74) is 2.56. The Morgan fingerprint density at radius 3 is 2.81 bits per heavy atom. The van der Waals surface area contributed by atoms with Crippen molar-refractivity contribution in [2.24, 2.45) is 10.8 Å². The number of benzene rings is 1. The summed E-state index contributed by atoms with van der Waals surface area (Å²) in [7, 11) is 0. The molecule has 116 valence electrons. The molecule has 0 fully saturated rings. The molecule has 1 rings (SSSR count). The van der Waals surface area contributed by atoms with Gasteiger partial charge in [-0.05, 0) is 37.8 Å². The number of rotatable bonds is 7. The summed E-state index contributed by atoms with van der Waals surface area (Å²) in [6.45, 7) is 2.98.